The average Bonchev–Trinajstić information content (AvgIpc) is 3.82. The molecule has 0 unspecified atom stereocenters. The topological polar surface area (TPSA) is 30.2 Å². The maximum absolute atomic E-state index is 5.44. The number of fused-ring (bicyclic) bond motifs is 18. The van der Waals surface area contributed by atoms with Gasteiger partial charge in [-0.1, -0.05) is 144 Å². The highest BCUT2D eigenvalue weighted by molar-refractivity contribution is 6.31. The first-order valence-electron chi connectivity index (χ1n) is 19.8. The number of hydrogen-bond donors (Lipinski definition) is 0. The van der Waals surface area contributed by atoms with Crippen molar-refractivity contribution in [3.8, 4) is 33.4 Å². The second-order valence-electron chi connectivity index (χ2n) is 20.3. The van der Waals surface area contributed by atoms with Gasteiger partial charge in [-0.3, -0.25) is 9.97 Å². The predicted octanol–water partition coefficient (Wildman–Crippen LogP) is 13.1. The molecule has 0 atom stereocenters. The first kappa shape index (κ1) is 32.4. The fraction of sp³-hybridized carbons (Fsp3) is 0.333. The van der Waals surface area contributed by atoms with Gasteiger partial charge in [0, 0.05) is 48.9 Å². The first-order chi connectivity index (χ1) is 25.3. The Bertz CT molecular complexity index is 3020. The van der Waals surface area contributed by atoms with Crippen LogP contribution in [0.4, 0.5) is 0 Å². The molecule has 0 spiro atoms. The maximum atomic E-state index is 5.44. The third kappa shape index (κ3) is 3.61. The molecular weight excluding hydrogens is 655 g/mol. The summed E-state index contributed by atoms with van der Waals surface area (Å²) in [5.41, 5.74) is 21.8. The van der Waals surface area contributed by atoms with Gasteiger partial charge in [0.25, 0.3) is 0 Å². The zero-order chi connectivity index (χ0) is 37.8. The van der Waals surface area contributed by atoms with E-state index in [4.69, 9.17) is 9.97 Å². The molecule has 4 aromatic carbocycles. The largest absolute Gasteiger partial charge is 0.305 e. The van der Waals surface area contributed by atoms with Crippen LogP contribution < -0.4 is 0 Å². The Morgan fingerprint density at radius 1 is 0.500 bits per heavy atom. The third-order valence-electron chi connectivity index (χ3n) is 14.0. The number of hydrogen-bond acceptors (Lipinski definition) is 2. The second kappa shape index (κ2) is 9.43. The van der Waals surface area contributed by atoms with Gasteiger partial charge in [0.05, 0.1) is 40.3 Å². The molecule has 0 saturated carbocycles. The lowest BCUT2D eigenvalue weighted by atomic mass is 9.79. The van der Waals surface area contributed by atoms with Gasteiger partial charge < -0.3 is 4.40 Å². The Labute approximate surface area is 318 Å². The molecule has 8 aromatic rings. The van der Waals surface area contributed by atoms with E-state index in [1.165, 1.54) is 116 Å². The van der Waals surface area contributed by atoms with E-state index in [1.807, 2.05) is 0 Å². The zero-order valence-electron chi connectivity index (χ0n) is 33.8. The van der Waals surface area contributed by atoms with E-state index < -0.39 is 0 Å². The van der Waals surface area contributed by atoms with E-state index in [0.29, 0.717) is 0 Å². The van der Waals surface area contributed by atoms with Gasteiger partial charge in [-0.2, -0.15) is 0 Å². The Morgan fingerprint density at radius 3 is 1.57 bits per heavy atom. The van der Waals surface area contributed by atoms with Crippen molar-refractivity contribution in [1.29, 1.82) is 0 Å². The van der Waals surface area contributed by atoms with Crippen molar-refractivity contribution in [2.75, 3.05) is 0 Å². The van der Waals surface area contributed by atoms with E-state index in [0.717, 1.165) is 0 Å². The van der Waals surface area contributed by atoms with Crippen LogP contribution in [0, 0.1) is 0 Å². The summed E-state index contributed by atoms with van der Waals surface area (Å²) in [5.74, 6) is 0. The smallest absolute Gasteiger partial charge is 0.0732 e. The molecule has 4 aromatic heterocycles. The molecule has 0 N–H and O–H groups in total. The number of nitrogens with zero attached hydrogens (tertiary/aromatic N) is 3. The minimum Gasteiger partial charge on any atom is -0.305 e. The highest BCUT2D eigenvalue weighted by atomic mass is 15.0. The Morgan fingerprint density at radius 2 is 1.02 bits per heavy atom. The third-order valence-corrected chi connectivity index (χ3v) is 14.0. The minimum absolute atomic E-state index is 0.0590. The van der Waals surface area contributed by atoms with E-state index in [-0.39, 0.29) is 27.1 Å². The highest BCUT2D eigenvalue weighted by Crippen LogP contribution is 2.61. The summed E-state index contributed by atoms with van der Waals surface area (Å²) in [6.07, 6.45) is 4.36. The molecule has 3 aliphatic carbocycles. The van der Waals surface area contributed by atoms with Gasteiger partial charge >= 0.3 is 0 Å². The van der Waals surface area contributed by atoms with E-state index in [9.17, 15) is 0 Å². The summed E-state index contributed by atoms with van der Waals surface area (Å²) in [5, 5.41) is 5.36. The molecule has 0 radical (unpaired) electrons. The number of pyridine rings is 2. The van der Waals surface area contributed by atoms with Crippen molar-refractivity contribution in [1.82, 2.24) is 14.4 Å². The fourth-order valence-electron chi connectivity index (χ4n) is 11.1. The lowest BCUT2D eigenvalue weighted by molar-refractivity contribution is 0.582. The Balaban J connectivity index is 1.35. The molecule has 3 aliphatic rings. The minimum atomic E-state index is -0.223. The molecule has 268 valence electrons. The van der Waals surface area contributed by atoms with Crippen LogP contribution in [0.2, 0.25) is 0 Å². The standard InChI is InChI=1S/C51H49N3/c1-47(2,3)26-17-19-29-34(21-26)50(9,10)45-39(29)38-32-23-31-28-15-13-14-16-33(28)49(7,8)43(31)42-41-37(54(44(32)42)36(38)24-52-45)25-53-46-40(41)30-20-18-27(48(4,5)6)22-35(30)51(46,11)12/h13-25H,1-12H3. The first-order valence-corrected chi connectivity index (χ1v) is 19.8. The fourth-order valence-corrected chi connectivity index (χ4v) is 11.1. The van der Waals surface area contributed by atoms with Crippen LogP contribution in [-0.2, 0) is 27.1 Å². The van der Waals surface area contributed by atoms with Crippen LogP contribution in [0.15, 0.2) is 79.1 Å². The molecule has 11 rings (SSSR count). The lowest BCUT2D eigenvalue weighted by Gasteiger charge is -2.24. The molecule has 0 fully saturated rings. The van der Waals surface area contributed by atoms with E-state index in [2.05, 4.69) is 167 Å². The van der Waals surface area contributed by atoms with E-state index >= 15 is 0 Å². The van der Waals surface area contributed by atoms with Gasteiger partial charge in [-0.25, -0.2) is 0 Å². The summed E-state index contributed by atoms with van der Waals surface area (Å²) in [6, 6.07) is 26.1. The monoisotopic (exact) mass is 703 g/mol. The van der Waals surface area contributed by atoms with E-state index in [1.54, 1.807) is 0 Å². The van der Waals surface area contributed by atoms with Gasteiger partial charge in [0.1, 0.15) is 0 Å². The van der Waals surface area contributed by atoms with Gasteiger partial charge in [0.2, 0.25) is 0 Å². The van der Waals surface area contributed by atoms with Gasteiger partial charge in [-0.05, 0) is 72.5 Å². The van der Waals surface area contributed by atoms with Crippen LogP contribution >= 0.6 is 0 Å². The molecule has 0 bridgehead atoms. The Kier molecular flexibility index (Phi) is 5.66. The van der Waals surface area contributed by atoms with Crippen molar-refractivity contribution in [2.24, 2.45) is 0 Å². The van der Waals surface area contributed by atoms with Crippen LogP contribution in [0.1, 0.15) is 128 Å². The second-order valence-corrected chi connectivity index (χ2v) is 20.3. The number of aromatic nitrogens is 3. The molecule has 4 heterocycles. The summed E-state index contributed by atoms with van der Waals surface area (Å²) in [6.45, 7) is 28.2. The van der Waals surface area contributed by atoms with Crippen molar-refractivity contribution < 1.29 is 0 Å². The average molecular weight is 704 g/mol. The van der Waals surface area contributed by atoms with Crippen molar-refractivity contribution in [3.63, 3.8) is 0 Å². The quantitative estimate of drug-likeness (QED) is 0.157. The highest BCUT2D eigenvalue weighted by Gasteiger charge is 2.45. The molecule has 54 heavy (non-hydrogen) atoms. The zero-order valence-corrected chi connectivity index (χ0v) is 33.8. The molecule has 0 saturated heterocycles. The summed E-state index contributed by atoms with van der Waals surface area (Å²) in [7, 11) is 0. The van der Waals surface area contributed by atoms with Crippen molar-refractivity contribution >= 4 is 38.1 Å². The normalized spacial score (nSPS) is 17.3. The van der Waals surface area contributed by atoms with Crippen molar-refractivity contribution in [3.05, 3.63) is 124 Å². The van der Waals surface area contributed by atoms with Crippen LogP contribution in [0.25, 0.3) is 71.5 Å². The maximum Gasteiger partial charge on any atom is 0.0732 e. The predicted molar refractivity (Wildman–Crippen MR) is 227 cm³/mol. The lowest BCUT2D eigenvalue weighted by Crippen LogP contribution is -2.18. The molecule has 3 heteroatoms. The summed E-state index contributed by atoms with van der Waals surface area (Å²) in [4.78, 5) is 10.9. The van der Waals surface area contributed by atoms with Gasteiger partial charge in [-0.15, -0.1) is 0 Å². The van der Waals surface area contributed by atoms with Crippen molar-refractivity contribution in [2.45, 2.75) is 110 Å². The number of benzene rings is 4. The summed E-state index contributed by atoms with van der Waals surface area (Å²) >= 11 is 0. The molecule has 0 aliphatic heterocycles. The van der Waals surface area contributed by atoms with Crippen LogP contribution in [0.5, 0.6) is 0 Å². The Hall–Kier alpha value is -5.02. The number of rotatable bonds is 0. The SMILES string of the molecule is CC(C)(C)c1ccc2c(c1)C(C)(C)c1ncc3c(c1-2)c1cc2c(c4c5c6c(ncc5n3c14)C(C)(C)c1cc(C(C)(C)C)ccc1-6)C(C)(C)c1ccccc1-2. The molecular formula is C51H49N3. The van der Waals surface area contributed by atoms with Crippen LogP contribution in [0.3, 0.4) is 0 Å². The summed E-state index contributed by atoms with van der Waals surface area (Å²) < 4.78 is 2.54. The molecule has 0 amide bonds. The molecule has 3 nitrogen and oxygen atoms in total. The van der Waals surface area contributed by atoms with Gasteiger partial charge in [0.15, 0.2) is 0 Å². The van der Waals surface area contributed by atoms with Crippen LogP contribution in [-0.4, -0.2) is 14.4 Å².